The smallest absolute Gasteiger partial charge is 0.0360 e. The Bertz CT molecular complexity index is 72.0. The summed E-state index contributed by atoms with van der Waals surface area (Å²) in [5.41, 5.74) is 0. The summed E-state index contributed by atoms with van der Waals surface area (Å²) >= 11 is 16.1. The fraction of sp³-hybridized carbons (Fsp3) is 1.00. The molecular formula is C6H10Cl2S. The maximum Gasteiger partial charge on any atom is 0.0360 e. The van der Waals surface area contributed by atoms with Gasteiger partial charge in [-0.1, -0.05) is 0 Å². The van der Waals surface area contributed by atoms with E-state index in [1.54, 1.807) is 0 Å². The molecule has 1 aliphatic rings. The lowest BCUT2D eigenvalue weighted by Gasteiger charge is -2.25. The minimum absolute atomic E-state index is 0.253. The van der Waals surface area contributed by atoms with Gasteiger partial charge in [-0.05, 0) is 19.3 Å². The van der Waals surface area contributed by atoms with Gasteiger partial charge >= 0.3 is 0 Å². The highest BCUT2D eigenvalue weighted by Crippen LogP contribution is 2.29. The Balaban J connectivity index is 2.34. The normalized spacial score (nSPS) is 45.0. The van der Waals surface area contributed by atoms with Crippen molar-refractivity contribution in [3.63, 3.8) is 0 Å². The summed E-state index contributed by atoms with van der Waals surface area (Å²) in [6, 6.07) is 0. The van der Waals surface area contributed by atoms with Crippen LogP contribution >= 0.6 is 35.8 Å². The lowest BCUT2D eigenvalue weighted by Crippen LogP contribution is -2.23. The first-order valence-electron chi connectivity index (χ1n) is 3.14. The largest absolute Gasteiger partial charge is 0.176 e. The van der Waals surface area contributed by atoms with Gasteiger partial charge in [0.15, 0.2) is 0 Å². The van der Waals surface area contributed by atoms with Crippen LogP contribution in [0, 0.1) is 0 Å². The third-order valence-corrected chi connectivity index (χ3v) is 2.70. The second kappa shape index (κ2) is 3.36. The van der Waals surface area contributed by atoms with Crippen LogP contribution in [0.1, 0.15) is 19.3 Å². The van der Waals surface area contributed by atoms with Crippen molar-refractivity contribution in [2.75, 3.05) is 0 Å². The number of alkyl halides is 2. The van der Waals surface area contributed by atoms with Gasteiger partial charge in [0.2, 0.25) is 0 Å². The maximum absolute atomic E-state index is 5.87. The van der Waals surface area contributed by atoms with E-state index in [9.17, 15) is 0 Å². The molecular weight excluding hydrogens is 175 g/mol. The number of hydrogen-bond acceptors (Lipinski definition) is 1. The van der Waals surface area contributed by atoms with E-state index in [2.05, 4.69) is 12.6 Å². The zero-order valence-corrected chi connectivity index (χ0v) is 7.46. The highest BCUT2D eigenvalue weighted by Gasteiger charge is 2.23. The van der Waals surface area contributed by atoms with Crippen LogP contribution < -0.4 is 0 Å². The fourth-order valence-corrected chi connectivity index (χ4v) is 2.87. The lowest BCUT2D eigenvalue weighted by atomic mass is 9.99. The van der Waals surface area contributed by atoms with Crippen molar-refractivity contribution >= 4 is 35.8 Å². The van der Waals surface area contributed by atoms with Gasteiger partial charge in [0.25, 0.3) is 0 Å². The summed E-state index contributed by atoms with van der Waals surface area (Å²) < 4.78 is 0. The predicted octanol–water partition coefficient (Wildman–Crippen LogP) is 2.68. The molecule has 2 unspecified atom stereocenters. The van der Waals surface area contributed by atoms with E-state index in [1.807, 2.05) is 0 Å². The highest BCUT2D eigenvalue weighted by atomic mass is 35.5. The molecule has 0 N–H and O–H groups in total. The van der Waals surface area contributed by atoms with Gasteiger partial charge in [-0.2, -0.15) is 12.6 Å². The van der Waals surface area contributed by atoms with Crippen molar-refractivity contribution in [3.8, 4) is 0 Å². The second-order valence-electron chi connectivity index (χ2n) is 2.56. The maximum atomic E-state index is 5.87. The van der Waals surface area contributed by atoms with Gasteiger partial charge < -0.3 is 0 Å². The van der Waals surface area contributed by atoms with Crippen molar-refractivity contribution in [1.29, 1.82) is 0 Å². The molecule has 1 aliphatic carbocycles. The molecule has 54 valence electrons. The molecule has 0 radical (unpaired) electrons. The standard InChI is InChI=1S/C6H10Cl2S/c7-4-1-5(8)3-6(9)2-4/h4-6,9H,1-3H2. The van der Waals surface area contributed by atoms with E-state index < -0.39 is 0 Å². The molecule has 0 aliphatic heterocycles. The van der Waals surface area contributed by atoms with Crippen LogP contribution in [-0.2, 0) is 0 Å². The van der Waals surface area contributed by atoms with Gasteiger partial charge in [-0.15, -0.1) is 23.2 Å². The van der Waals surface area contributed by atoms with E-state index in [-0.39, 0.29) is 10.8 Å². The van der Waals surface area contributed by atoms with Gasteiger partial charge in [0.1, 0.15) is 0 Å². The molecule has 0 aromatic carbocycles. The van der Waals surface area contributed by atoms with Gasteiger partial charge in [-0.3, -0.25) is 0 Å². The summed E-state index contributed by atoms with van der Waals surface area (Å²) in [5.74, 6) is 0. The van der Waals surface area contributed by atoms with Crippen LogP contribution in [0.25, 0.3) is 0 Å². The van der Waals surface area contributed by atoms with Crippen LogP contribution in [0.3, 0.4) is 0 Å². The minimum atomic E-state index is 0.253. The SMILES string of the molecule is SC1CC(Cl)CC(Cl)C1. The average Bonchev–Trinajstić information content (AvgIpc) is 1.59. The zero-order valence-electron chi connectivity index (χ0n) is 5.06. The van der Waals surface area contributed by atoms with Crippen LogP contribution in [0.4, 0.5) is 0 Å². The van der Waals surface area contributed by atoms with E-state index >= 15 is 0 Å². The molecule has 0 nitrogen and oxygen atoms in total. The average molecular weight is 185 g/mol. The number of thiol groups is 1. The van der Waals surface area contributed by atoms with Gasteiger partial charge in [0.05, 0.1) is 0 Å². The molecule has 1 rings (SSSR count). The zero-order chi connectivity index (χ0) is 6.85. The monoisotopic (exact) mass is 184 g/mol. The number of halogens is 2. The van der Waals surface area contributed by atoms with Crippen LogP contribution in [0.15, 0.2) is 0 Å². The molecule has 1 saturated carbocycles. The van der Waals surface area contributed by atoms with Crippen molar-refractivity contribution in [3.05, 3.63) is 0 Å². The van der Waals surface area contributed by atoms with E-state index in [0.29, 0.717) is 5.25 Å². The molecule has 0 aromatic rings. The number of rotatable bonds is 0. The highest BCUT2D eigenvalue weighted by molar-refractivity contribution is 7.80. The molecule has 9 heavy (non-hydrogen) atoms. The lowest BCUT2D eigenvalue weighted by molar-refractivity contribution is 0.532. The Morgan fingerprint density at radius 3 is 1.78 bits per heavy atom. The van der Waals surface area contributed by atoms with Gasteiger partial charge in [-0.25, -0.2) is 0 Å². The molecule has 1 fully saturated rings. The molecule has 0 aromatic heterocycles. The summed E-state index contributed by atoms with van der Waals surface area (Å²) in [6.45, 7) is 0. The van der Waals surface area contributed by atoms with Crippen LogP contribution in [-0.4, -0.2) is 16.0 Å². The molecule has 3 heteroatoms. The van der Waals surface area contributed by atoms with Crippen LogP contribution in [0.2, 0.25) is 0 Å². The minimum Gasteiger partial charge on any atom is -0.176 e. The van der Waals surface area contributed by atoms with Crippen LogP contribution in [0.5, 0.6) is 0 Å². The van der Waals surface area contributed by atoms with Crippen molar-refractivity contribution in [2.24, 2.45) is 0 Å². The summed E-state index contributed by atoms with van der Waals surface area (Å²) in [5, 5.41) is 0.927. The summed E-state index contributed by atoms with van der Waals surface area (Å²) in [4.78, 5) is 0. The van der Waals surface area contributed by atoms with Crippen molar-refractivity contribution in [2.45, 2.75) is 35.3 Å². The third kappa shape index (κ3) is 2.57. The molecule has 0 heterocycles. The Morgan fingerprint density at radius 2 is 1.44 bits per heavy atom. The van der Waals surface area contributed by atoms with E-state index in [0.717, 1.165) is 19.3 Å². The van der Waals surface area contributed by atoms with E-state index in [1.165, 1.54) is 0 Å². The predicted molar refractivity (Wildman–Crippen MR) is 45.9 cm³/mol. The Labute approximate surface area is 71.3 Å². The molecule has 0 saturated heterocycles. The Morgan fingerprint density at radius 1 is 1.00 bits per heavy atom. The van der Waals surface area contributed by atoms with Crippen molar-refractivity contribution < 1.29 is 0 Å². The molecule has 0 spiro atoms. The fourth-order valence-electron chi connectivity index (χ4n) is 1.16. The first-order valence-corrected chi connectivity index (χ1v) is 4.53. The first-order chi connectivity index (χ1) is 4.18. The summed E-state index contributed by atoms with van der Waals surface area (Å²) in [7, 11) is 0. The topological polar surface area (TPSA) is 0 Å². The quantitative estimate of drug-likeness (QED) is 0.435. The Hall–Kier alpha value is 0.930. The molecule has 2 atom stereocenters. The third-order valence-electron chi connectivity index (χ3n) is 1.57. The number of hydrogen-bond donors (Lipinski definition) is 1. The molecule has 0 amide bonds. The summed E-state index contributed by atoms with van der Waals surface area (Å²) in [6.07, 6.45) is 2.96. The Kier molecular flexibility index (Phi) is 3.00. The van der Waals surface area contributed by atoms with Gasteiger partial charge in [0, 0.05) is 16.0 Å². The first kappa shape index (κ1) is 8.03. The van der Waals surface area contributed by atoms with Crippen molar-refractivity contribution in [1.82, 2.24) is 0 Å². The second-order valence-corrected chi connectivity index (χ2v) is 4.52. The molecule has 0 bridgehead atoms. The van der Waals surface area contributed by atoms with E-state index in [4.69, 9.17) is 23.2 Å².